The van der Waals surface area contributed by atoms with Gasteiger partial charge in [0.1, 0.15) is 0 Å². The second kappa shape index (κ2) is 8.21. The molecular formula is C21H26ClN3O. The summed E-state index contributed by atoms with van der Waals surface area (Å²) in [6.07, 6.45) is 0. The average molecular weight is 372 g/mol. The zero-order chi connectivity index (χ0) is 18.7. The molecule has 0 unspecified atom stereocenters. The summed E-state index contributed by atoms with van der Waals surface area (Å²) in [6, 6.07) is 14.0. The third kappa shape index (κ3) is 4.44. The van der Waals surface area contributed by atoms with Crippen LogP contribution in [0.2, 0.25) is 5.02 Å². The molecule has 1 heterocycles. The molecule has 2 aromatic carbocycles. The number of piperazine rings is 1. The zero-order valence-corrected chi connectivity index (χ0v) is 16.4. The van der Waals surface area contributed by atoms with Gasteiger partial charge in [-0.2, -0.15) is 0 Å². The molecule has 26 heavy (non-hydrogen) atoms. The molecule has 0 bridgehead atoms. The Labute approximate surface area is 160 Å². The number of halogens is 1. The van der Waals surface area contributed by atoms with Crippen molar-refractivity contribution < 1.29 is 4.79 Å². The molecule has 1 saturated heterocycles. The van der Waals surface area contributed by atoms with Gasteiger partial charge in [0.05, 0.1) is 0 Å². The Morgan fingerprint density at radius 2 is 1.88 bits per heavy atom. The maximum Gasteiger partial charge on any atom is 0.251 e. The number of aryl methyl sites for hydroxylation is 1. The van der Waals surface area contributed by atoms with Gasteiger partial charge < -0.3 is 10.2 Å². The Kier molecular flexibility index (Phi) is 5.97. The van der Waals surface area contributed by atoms with E-state index in [1.807, 2.05) is 49.4 Å². The summed E-state index contributed by atoms with van der Waals surface area (Å²) in [5, 5.41) is 3.81. The highest BCUT2D eigenvalue weighted by molar-refractivity contribution is 6.30. The van der Waals surface area contributed by atoms with E-state index in [4.69, 9.17) is 11.6 Å². The van der Waals surface area contributed by atoms with Gasteiger partial charge in [-0.1, -0.05) is 29.8 Å². The van der Waals surface area contributed by atoms with Crippen molar-refractivity contribution in [3.8, 4) is 11.1 Å². The van der Waals surface area contributed by atoms with Gasteiger partial charge in [-0.3, -0.25) is 9.69 Å². The first kappa shape index (κ1) is 18.9. The molecule has 2 aromatic rings. The lowest BCUT2D eigenvalue weighted by Crippen LogP contribution is -2.54. The highest BCUT2D eigenvalue weighted by atomic mass is 35.5. The highest BCUT2D eigenvalue weighted by Gasteiger charge is 2.22. The molecule has 1 aliphatic rings. The summed E-state index contributed by atoms with van der Waals surface area (Å²) in [6.45, 7) is 5.79. The largest absolute Gasteiger partial charge is 0.350 e. The summed E-state index contributed by atoms with van der Waals surface area (Å²) in [5.74, 6) is -0.0222. The molecule has 3 rings (SSSR count). The first-order chi connectivity index (χ1) is 12.4. The van der Waals surface area contributed by atoms with Crippen molar-refractivity contribution in [2.24, 2.45) is 0 Å². The van der Waals surface area contributed by atoms with Crippen molar-refractivity contribution in [1.82, 2.24) is 15.1 Å². The lowest BCUT2D eigenvalue weighted by Gasteiger charge is -2.37. The fourth-order valence-corrected chi connectivity index (χ4v) is 3.61. The summed E-state index contributed by atoms with van der Waals surface area (Å²) in [7, 11) is 4.24. The van der Waals surface area contributed by atoms with E-state index in [1.165, 1.54) is 0 Å². The summed E-state index contributed by atoms with van der Waals surface area (Å²) < 4.78 is 0. The van der Waals surface area contributed by atoms with E-state index < -0.39 is 0 Å². The Balaban J connectivity index is 1.63. The number of likely N-dealkylation sites (N-methyl/N-ethyl adjacent to an activating group) is 2. The minimum Gasteiger partial charge on any atom is -0.350 e. The highest BCUT2D eigenvalue weighted by Crippen LogP contribution is 2.26. The van der Waals surface area contributed by atoms with Crippen LogP contribution in [-0.2, 0) is 0 Å². The van der Waals surface area contributed by atoms with E-state index in [-0.39, 0.29) is 5.91 Å². The number of amides is 1. The van der Waals surface area contributed by atoms with E-state index in [0.717, 1.165) is 41.3 Å². The predicted octanol–water partition coefficient (Wildman–Crippen LogP) is 3.29. The van der Waals surface area contributed by atoms with Crippen LogP contribution >= 0.6 is 11.6 Å². The minimum atomic E-state index is -0.0222. The molecule has 0 radical (unpaired) electrons. The van der Waals surface area contributed by atoms with Gasteiger partial charge in [0.2, 0.25) is 0 Å². The third-order valence-corrected chi connectivity index (χ3v) is 5.36. The number of nitrogens with zero attached hydrogens (tertiary/aromatic N) is 2. The molecule has 0 aromatic heterocycles. The number of carbonyl (C=O) groups is 1. The van der Waals surface area contributed by atoms with Crippen LogP contribution in [0.25, 0.3) is 11.1 Å². The predicted molar refractivity (Wildman–Crippen MR) is 108 cm³/mol. The van der Waals surface area contributed by atoms with E-state index >= 15 is 0 Å². The van der Waals surface area contributed by atoms with Crippen LogP contribution in [0.5, 0.6) is 0 Å². The van der Waals surface area contributed by atoms with Crippen molar-refractivity contribution in [2.45, 2.75) is 13.0 Å². The fourth-order valence-electron chi connectivity index (χ4n) is 3.39. The molecule has 0 aliphatic carbocycles. The Morgan fingerprint density at radius 1 is 1.15 bits per heavy atom. The summed E-state index contributed by atoms with van der Waals surface area (Å²) in [5.41, 5.74) is 4.03. The van der Waals surface area contributed by atoms with Crippen molar-refractivity contribution in [1.29, 1.82) is 0 Å². The molecule has 1 fully saturated rings. The molecule has 4 nitrogen and oxygen atoms in total. The van der Waals surface area contributed by atoms with Gasteiger partial charge >= 0.3 is 0 Å². The van der Waals surface area contributed by atoms with E-state index in [1.54, 1.807) is 0 Å². The molecular weight excluding hydrogens is 346 g/mol. The number of hydrogen-bond donors (Lipinski definition) is 1. The van der Waals surface area contributed by atoms with Crippen molar-refractivity contribution in [3.63, 3.8) is 0 Å². The maximum atomic E-state index is 12.5. The second-order valence-corrected chi connectivity index (χ2v) is 7.58. The molecule has 1 amide bonds. The third-order valence-electron chi connectivity index (χ3n) is 5.12. The van der Waals surface area contributed by atoms with Gasteiger partial charge in [-0.25, -0.2) is 0 Å². The van der Waals surface area contributed by atoms with Gasteiger partial charge in [-0.05, 0) is 62.0 Å². The summed E-state index contributed by atoms with van der Waals surface area (Å²) in [4.78, 5) is 17.1. The Hall–Kier alpha value is -1.88. The molecule has 138 valence electrons. The zero-order valence-electron chi connectivity index (χ0n) is 15.6. The van der Waals surface area contributed by atoms with Crippen LogP contribution in [0.1, 0.15) is 15.9 Å². The maximum absolute atomic E-state index is 12.5. The lowest BCUT2D eigenvalue weighted by atomic mass is 9.99. The van der Waals surface area contributed by atoms with Gasteiger partial charge in [0.25, 0.3) is 5.91 Å². The lowest BCUT2D eigenvalue weighted by molar-refractivity contribution is 0.0881. The van der Waals surface area contributed by atoms with Crippen LogP contribution in [0, 0.1) is 6.92 Å². The van der Waals surface area contributed by atoms with Crippen LogP contribution in [0.4, 0.5) is 0 Å². The average Bonchev–Trinajstić information content (AvgIpc) is 2.62. The van der Waals surface area contributed by atoms with E-state index in [9.17, 15) is 4.79 Å². The number of carbonyl (C=O) groups excluding carboxylic acids is 1. The first-order valence-electron chi connectivity index (χ1n) is 8.97. The normalized spacial score (nSPS) is 18.7. The molecule has 5 heteroatoms. The van der Waals surface area contributed by atoms with Crippen LogP contribution in [0.15, 0.2) is 42.5 Å². The number of benzene rings is 2. The molecule has 1 aliphatic heterocycles. The van der Waals surface area contributed by atoms with E-state index in [0.29, 0.717) is 18.2 Å². The SMILES string of the molecule is Cc1cc(Cl)ccc1-c1ccc(C(=O)NC[C@H]2CN(C)CCN2C)cc1. The van der Waals surface area contributed by atoms with Crippen LogP contribution in [-0.4, -0.2) is 62.0 Å². The van der Waals surface area contributed by atoms with Crippen molar-refractivity contribution >= 4 is 17.5 Å². The van der Waals surface area contributed by atoms with Crippen molar-refractivity contribution in [3.05, 3.63) is 58.6 Å². The minimum absolute atomic E-state index is 0.0222. The Morgan fingerprint density at radius 3 is 2.58 bits per heavy atom. The van der Waals surface area contributed by atoms with Crippen LogP contribution < -0.4 is 5.32 Å². The fraction of sp³-hybridized carbons (Fsp3) is 0.381. The number of hydrogen-bond acceptors (Lipinski definition) is 3. The number of nitrogens with one attached hydrogen (secondary N) is 1. The first-order valence-corrected chi connectivity index (χ1v) is 9.35. The Bertz CT molecular complexity index is 775. The standard InChI is InChI=1S/C21H26ClN3O/c1-15-12-18(22)8-9-20(15)16-4-6-17(7-5-16)21(26)23-13-19-14-24(2)10-11-25(19)3/h4-9,12,19H,10-11,13-14H2,1-3H3,(H,23,26)/t19-/m0/s1. The van der Waals surface area contributed by atoms with E-state index in [2.05, 4.69) is 29.2 Å². The summed E-state index contributed by atoms with van der Waals surface area (Å²) >= 11 is 6.03. The molecule has 1 atom stereocenters. The topological polar surface area (TPSA) is 35.6 Å². The number of rotatable bonds is 4. The van der Waals surface area contributed by atoms with Crippen molar-refractivity contribution in [2.75, 3.05) is 40.3 Å². The monoisotopic (exact) mass is 371 g/mol. The van der Waals surface area contributed by atoms with Gasteiger partial charge in [-0.15, -0.1) is 0 Å². The quantitative estimate of drug-likeness (QED) is 0.895. The second-order valence-electron chi connectivity index (χ2n) is 7.14. The van der Waals surface area contributed by atoms with Crippen LogP contribution in [0.3, 0.4) is 0 Å². The smallest absolute Gasteiger partial charge is 0.251 e. The molecule has 0 saturated carbocycles. The molecule has 0 spiro atoms. The molecule has 1 N–H and O–H groups in total. The van der Waals surface area contributed by atoms with Gasteiger partial charge in [0.15, 0.2) is 0 Å². The van der Waals surface area contributed by atoms with Gasteiger partial charge in [0, 0.05) is 42.8 Å².